The van der Waals surface area contributed by atoms with Crippen LogP contribution >= 0.6 is 0 Å². The summed E-state index contributed by atoms with van der Waals surface area (Å²) in [6.07, 6.45) is 0. The molecular weight excluding hydrogens is 378 g/mol. The number of hydrogen-bond acceptors (Lipinski definition) is 3. The molecule has 0 aliphatic rings. The summed E-state index contributed by atoms with van der Waals surface area (Å²) < 4.78 is 0. The van der Waals surface area contributed by atoms with Crippen molar-refractivity contribution in [3.05, 3.63) is 86.7 Å². The van der Waals surface area contributed by atoms with Crippen molar-refractivity contribution in [1.29, 1.82) is 0 Å². The molecule has 0 unspecified atom stereocenters. The second-order valence-electron chi connectivity index (χ2n) is 8.80. The number of nitrogens with zero attached hydrogens (tertiary/aromatic N) is 3. The highest BCUT2D eigenvalue weighted by atomic mass is 14.8. The minimum absolute atomic E-state index is 0.890. The van der Waals surface area contributed by atoms with E-state index in [1.165, 1.54) is 33.4 Å². The number of hydrogen-bond donors (Lipinski definition) is 0. The van der Waals surface area contributed by atoms with E-state index < -0.39 is 0 Å². The molecule has 0 amide bonds. The van der Waals surface area contributed by atoms with E-state index in [9.17, 15) is 0 Å². The van der Waals surface area contributed by atoms with Gasteiger partial charge in [-0.05, 0) is 102 Å². The van der Waals surface area contributed by atoms with E-state index in [2.05, 4.69) is 84.9 Å². The molecule has 3 heteroatoms. The first-order valence-corrected chi connectivity index (χ1v) is 10.8. The Kier molecular flexibility index (Phi) is 6.54. The number of rotatable bonds is 4. The average molecular weight is 412 g/mol. The van der Waals surface area contributed by atoms with E-state index in [1.807, 2.05) is 13.8 Å². The summed E-state index contributed by atoms with van der Waals surface area (Å²) in [5, 5.41) is 0. The van der Waals surface area contributed by atoms with Gasteiger partial charge in [0, 0.05) is 0 Å². The normalized spacial score (nSPS) is 12.4. The smallest absolute Gasteiger partial charge is 0.0852 e. The molecule has 2 aromatic carbocycles. The summed E-state index contributed by atoms with van der Waals surface area (Å²) in [7, 11) is 0. The lowest BCUT2D eigenvalue weighted by Crippen LogP contribution is -2.07. The summed E-state index contributed by atoms with van der Waals surface area (Å²) in [4.78, 5) is 14.8. The molecule has 0 aliphatic heterocycles. The van der Waals surface area contributed by atoms with Crippen LogP contribution in [0.5, 0.6) is 0 Å². The summed E-state index contributed by atoms with van der Waals surface area (Å²) >= 11 is 0. The molecule has 0 aliphatic carbocycles. The molecule has 0 atom stereocenters. The standard InChI is InChI=1S/C28H33N3/c1-16-10-19(4)27(20(5)11-16)29-23(8)25-14-18(3)15-26(31-25)24(9)30-28-21(6)12-17(2)13-22(28)7/h10-15H,1-9H3/b29-23+,30-24+. The van der Waals surface area contributed by atoms with Gasteiger partial charge >= 0.3 is 0 Å². The molecule has 3 rings (SSSR count). The quantitative estimate of drug-likeness (QED) is 0.409. The molecule has 160 valence electrons. The highest BCUT2D eigenvalue weighted by Gasteiger charge is 2.10. The number of aliphatic imine (C=N–C) groups is 2. The lowest BCUT2D eigenvalue weighted by atomic mass is 10.0. The van der Waals surface area contributed by atoms with Crippen LogP contribution in [0.2, 0.25) is 0 Å². The first-order chi connectivity index (χ1) is 14.5. The van der Waals surface area contributed by atoms with Gasteiger partial charge in [0.25, 0.3) is 0 Å². The monoisotopic (exact) mass is 411 g/mol. The fraction of sp³-hybridized carbons (Fsp3) is 0.321. The van der Waals surface area contributed by atoms with Crippen molar-refractivity contribution in [3.8, 4) is 0 Å². The topological polar surface area (TPSA) is 37.6 Å². The number of aryl methyl sites for hydroxylation is 7. The molecule has 3 nitrogen and oxygen atoms in total. The van der Waals surface area contributed by atoms with Gasteiger partial charge in [-0.2, -0.15) is 0 Å². The Balaban J connectivity index is 2.05. The number of benzene rings is 2. The summed E-state index contributed by atoms with van der Waals surface area (Å²) in [5.74, 6) is 0. The van der Waals surface area contributed by atoms with Crippen LogP contribution in [-0.2, 0) is 0 Å². The maximum atomic E-state index is 4.95. The molecule has 0 fully saturated rings. The highest BCUT2D eigenvalue weighted by molar-refractivity contribution is 6.03. The van der Waals surface area contributed by atoms with Crippen molar-refractivity contribution in [3.63, 3.8) is 0 Å². The predicted molar refractivity (Wildman–Crippen MR) is 134 cm³/mol. The van der Waals surface area contributed by atoms with Crippen molar-refractivity contribution in [2.75, 3.05) is 0 Å². The maximum Gasteiger partial charge on any atom is 0.0852 e. The van der Waals surface area contributed by atoms with Crippen LogP contribution in [-0.4, -0.2) is 16.4 Å². The third-order valence-electron chi connectivity index (χ3n) is 5.54. The van der Waals surface area contributed by atoms with E-state index in [4.69, 9.17) is 15.0 Å². The van der Waals surface area contributed by atoms with E-state index in [0.717, 1.165) is 39.7 Å². The first-order valence-electron chi connectivity index (χ1n) is 10.8. The van der Waals surface area contributed by atoms with Gasteiger partial charge in [-0.1, -0.05) is 35.4 Å². The minimum atomic E-state index is 0.890. The minimum Gasteiger partial charge on any atom is -0.251 e. The van der Waals surface area contributed by atoms with Gasteiger partial charge in [-0.15, -0.1) is 0 Å². The van der Waals surface area contributed by atoms with Crippen LogP contribution in [0, 0.1) is 48.5 Å². The third-order valence-corrected chi connectivity index (χ3v) is 5.54. The van der Waals surface area contributed by atoms with Crippen molar-refractivity contribution in [2.45, 2.75) is 62.3 Å². The van der Waals surface area contributed by atoms with Gasteiger partial charge in [0.1, 0.15) is 0 Å². The zero-order chi connectivity index (χ0) is 22.9. The molecule has 0 N–H and O–H groups in total. The van der Waals surface area contributed by atoms with Gasteiger partial charge in [-0.3, -0.25) is 9.98 Å². The average Bonchev–Trinajstić information content (AvgIpc) is 2.66. The van der Waals surface area contributed by atoms with Gasteiger partial charge in [0.2, 0.25) is 0 Å². The van der Waals surface area contributed by atoms with E-state index in [0.29, 0.717) is 0 Å². The summed E-state index contributed by atoms with van der Waals surface area (Å²) in [6.45, 7) is 18.9. The number of pyridine rings is 1. The summed E-state index contributed by atoms with van der Waals surface area (Å²) in [6, 6.07) is 12.9. The lowest BCUT2D eigenvalue weighted by molar-refractivity contribution is 1.20. The zero-order valence-electron chi connectivity index (χ0n) is 20.3. The zero-order valence-corrected chi connectivity index (χ0v) is 20.3. The Hall–Kier alpha value is -3.07. The molecule has 0 bridgehead atoms. The highest BCUT2D eigenvalue weighted by Crippen LogP contribution is 2.27. The van der Waals surface area contributed by atoms with Gasteiger partial charge in [-0.25, -0.2) is 4.98 Å². The van der Waals surface area contributed by atoms with E-state index >= 15 is 0 Å². The fourth-order valence-corrected chi connectivity index (χ4v) is 4.19. The Morgan fingerprint density at radius 1 is 0.516 bits per heavy atom. The van der Waals surface area contributed by atoms with Crippen LogP contribution in [0.4, 0.5) is 11.4 Å². The Labute approximate surface area is 187 Å². The largest absolute Gasteiger partial charge is 0.251 e. The predicted octanol–water partition coefficient (Wildman–Crippen LogP) is 7.52. The van der Waals surface area contributed by atoms with Gasteiger partial charge in [0.05, 0.1) is 34.2 Å². The third kappa shape index (κ3) is 5.16. The summed E-state index contributed by atoms with van der Waals surface area (Å²) in [5.41, 5.74) is 14.1. The van der Waals surface area contributed by atoms with Crippen molar-refractivity contribution >= 4 is 22.8 Å². The second-order valence-corrected chi connectivity index (χ2v) is 8.80. The van der Waals surface area contributed by atoms with Crippen molar-refractivity contribution < 1.29 is 0 Å². The van der Waals surface area contributed by atoms with E-state index in [1.54, 1.807) is 0 Å². The van der Waals surface area contributed by atoms with Crippen LogP contribution in [0.25, 0.3) is 0 Å². The van der Waals surface area contributed by atoms with Gasteiger partial charge < -0.3 is 0 Å². The molecule has 0 spiro atoms. The molecule has 31 heavy (non-hydrogen) atoms. The second kappa shape index (κ2) is 8.97. The Bertz CT molecular complexity index is 1080. The van der Waals surface area contributed by atoms with Gasteiger partial charge in [0.15, 0.2) is 0 Å². The molecule has 0 saturated carbocycles. The molecule has 1 aromatic heterocycles. The van der Waals surface area contributed by atoms with Crippen LogP contribution in [0.3, 0.4) is 0 Å². The molecule has 0 radical (unpaired) electrons. The molecule has 1 heterocycles. The SMILES string of the molecule is C/C(=N\c1c(C)cc(C)cc1C)c1cc(C)cc(/C(C)=N/c2c(C)cc(C)cc2C)n1. The lowest BCUT2D eigenvalue weighted by Gasteiger charge is -2.11. The Morgan fingerprint density at radius 3 is 1.13 bits per heavy atom. The van der Waals surface area contributed by atoms with Crippen molar-refractivity contribution in [1.82, 2.24) is 4.98 Å². The molecule has 3 aromatic rings. The number of aromatic nitrogens is 1. The van der Waals surface area contributed by atoms with Crippen molar-refractivity contribution in [2.24, 2.45) is 9.98 Å². The van der Waals surface area contributed by atoms with Crippen LogP contribution in [0.15, 0.2) is 46.4 Å². The van der Waals surface area contributed by atoms with Crippen LogP contribution in [0.1, 0.15) is 64.2 Å². The maximum absolute atomic E-state index is 4.95. The van der Waals surface area contributed by atoms with Crippen LogP contribution < -0.4 is 0 Å². The molecular formula is C28H33N3. The fourth-order valence-electron chi connectivity index (χ4n) is 4.19. The molecule has 0 saturated heterocycles. The Morgan fingerprint density at radius 2 is 0.806 bits per heavy atom. The first kappa shape index (κ1) is 22.6. The van der Waals surface area contributed by atoms with E-state index in [-0.39, 0.29) is 0 Å².